The first-order chi connectivity index (χ1) is 6.43. The van der Waals surface area contributed by atoms with Crippen LogP contribution >= 0.6 is 0 Å². The number of carbonyl (C=O) groups is 1. The molecule has 0 heterocycles. The van der Waals surface area contributed by atoms with Gasteiger partial charge in [-0.25, -0.2) is 0 Å². The zero-order chi connectivity index (χ0) is 11.1. The highest BCUT2D eigenvalue weighted by atomic mass is 16.1. The predicted octanol–water partition coefficient (Wildman–Crippen LogP) is 0.0376. The van der Waals surface area contributed by atoms with Crippen molar-refractivity contribution in [1.82, 2.24) is 10.2 Å². The molecule has 0 rings (SSSR count). The fourth-order valence-electron chi connectivity index (χ4n) is 1.03. The normalized spacial score (nSPS) is 15.5. The van der Waals surface area contributed by atoms with Gasteiger partial charge in [-0.15, -0.1) is 0 Å². The van der Waals surface area contributed by atoms with E-state index in [2.05, 4.69) is 31.2 Å². The Balaban J connectivity index is 3.53. The Morgan fingerprint density at radius 3 is 2.43 bits per heavy atom. The number of carbonyl (C=O) groups excluding carboxylic acids is 1. The van der Waals surface area contributed by atoms with Gasteiger partial charge in [0.15, 0.2) is 0 Å². The summed E-state index contributed by atoms with van der Waals surface area (Å²) in [4.78, 5) is 12.9. The molecule has 0 aromatic rings. The minimum Gasteiger partial charge on any atom is -0.369 e. The maximum Gasteiger partial charge on any atom is 0.221 e. The van der Waals surface area contributed by atoms with Crippen molar-refractivity contribution < 1.29 is 4.79 Å². The summed E-state index contributed by atoms with van der Waals surface area (Å²) in [6, 6.07) is 0.430. The molecule has 2 unspecified atom stereocenters. The van der Waals surface area contributed by atoms with Crippen LogP contribution in [0.2, 0.25) is 0 Å². The Bertz CT molecular complexity index is 171. The van der Waals surface area contributed by atoms with Crippen LogP contribution in [0.15, 0.2) is 0 Å². The van der Waals surface area contributed by atoms with Gasteiger partial charge in [-0.05, 0) is 34.0 Å². The maximum absolute atomic E-state index is 10.8. The molecule has 0 aromatic carbocycles. The topological polar surface area (TPSA) is 58.4 Å². The van der Waals surface area contributed by atoms with Crippen LogP contribution in [0.4, 0.5) is 0 Å². The van der Waals surface area contributed by atoms with Gasteiger partial charge in [0.1, 0.15) is 0 Å². The summed E-state index contributed by atoms with van der Waals surface area (Å²) in [5.74, 6) is -0.325. The first kappa shape index (κ1) is 13.4. The zero-order valence-corrected chi connectivity index (χ0v) is 9.71. The Hall–Kier alpha value is -0.610. The van der Waals surface area contributed by atoms with E-state index in [1.807, 2.05) is 6.92 Å². The van der Waals surface area contributed by atoms with Crippen molar-refractivity contribution in [3.05, 3.63) is 0 Å². The molecule has 0 aromatic heterocycles. The lowest BCUT2D eigenvalue weighted by Gasteiger charge is -2.18. The van der Waals surface area contributed by atoms with Gasteiger partial charge in [0.05, 0.1) is 0 Å². The fourth-order valence-corrected chi connectivity index (χ4v) is 1.03. The van der Waals surface area contributed by atoms with Crippen LogP contribution < -0.4 is 11.1 Å². The van der Waals surface area contributed by atoms with Crippen molar-refractivity contribution in [2.45, 2.75) is 26.3 Å². The predicted molar refractivity (Wildman–Crippen MR) is 59.0 cm³/mol. The highest BCUT2D eigenvalue weighted by Crippen LogP contribution is 1.95. The van der Waals surface area contributed by atoms with E-state index in [-0.39, 0.29) is 11.8 Å². The highest BCUT2D eigenvalue weighted by molar-refractivity contribution is 5.76. The van der Waals surface area contributed by atoms with Crippen molar-refractivity contribution in [3.63, 3.8) is 0 Å². The molecule has 0 saturated heterocycles. The van der Waals surface area contributed by atoms with Crippen LogP contribution in [0.5, 0.6) is 0 Å². The first-order valence-electron chi connectivity index (χ1n) is 5.11. The summed E-state index contributed by atoms with van der Waals surface area (Å²) < 4.78 is 0. The minimum absolute atomic E-state index is 0.0863. The number of nitrogens with zero attached hydrogens (tertiary/aromatic N) is 1. The number of primary amides is 1. The van der Waals surface area contributed by atoms with Crippen molar-refractivity contribution in [1.29, 1.82) is 0 Å². The quantitative estimate of drug-likeness (QED) is 0.611. The van der Waals surface area contributed by atoms with Crippen LogP contribution in [0, 0.1) is 5.92 Å². The molecule has 0 radical (unpaired) electrons. The van der Waals surface area contributed by atoms with Gasteiger partial charge < -0.3 is 16.0 Å². The van der Waals surface area contributed by atoms with Gasteiger partial charge in [-0.2, -0.15) is 0 Å². The lowest BCUT2D eigenvalue weighted by molar-refractivity contribution is -0.121. The number of amides is 1. The first-order valence-corrected chi connectivity index (χ1v) is 5.11. The molecule has 4 nitrogen and oxygen atoms in total. The Labute approximate surface area is 86.8 Å². The molecule has 3 N–H and O–H groups in total. The summed E-state index contributed by atoms with van der Waals surface area (Å²) in [6.07, 6.45) is 1.08. The van der Waals surface area contributed by atoms with Crippen LogP contribution in [0.25, 0.3) is 0 Å². The van der Waals surface area contributed by atoms with Gasteiger partial charge in [0.2, 0.25) is 5.91 Å². The zero-order valence-electron chi connectivity index (χ0n) is 9.71. The van der Waals surface area contributed by atoms with Crippen LogP contribution in [-0.2, 0) is 4.79 Å². The summed E-state index contributed by atoms with van der Waals surface area (Å²) in [5.41, 5.74) is 5.16. The molecule has 14 heavy (non-hydrogen) atoms. The molecule has 0 aliphatic rings. The molecule has 1 amide bonds. The second kappa shape index (κ2) is 6.79. The van der Waals surface area contributed by atoms with Crippen molar-refractivity contribution in [3.8, 4) is 0 Å². The van der Waals surface area contributed by atoms with E-state index in [1.54, 1.807) is 0 Å². The van der Waals surface area contributed by atoms with E-state index >= 15 is 0 Å². The fraction of sp³-hybridized carbons (Fsp3) is 0.900. The third kappa shape index (κ3) is 6.86. The number of nitrogens with one attached hydrogen (secondary N) is 1. The Kier molecular flexibility index (Phi) is 6.49. The van der Waals surface area contributed by atoms with Crippen molar-refractivity contribution >= 4 is 5.91 Å². The molecule has 0 fully saturated rings. The van der Waals surface area contributed by atoms with Crippen LogP contribution in [0.1, 0.15) is 20.3 Å². The van der Waals surface area contributed by atoms with Crippen molar-refractivity contribution in [2.75, 3.05) is 27.2 Å². The maximum atomic E-state index is 10.8. The summed E-state index contributed by atoms with van der Waals surface area (Å²) >= 11 is 0. The molecule has 0 spiro atoms. The standard InChI is InChI=1S/C10H23N3O/c1-8(10(11)14)7-12-9(2)5-6-13(3)4/h8-9,12H,5-7H2,1-4H3,(H2,11,14). The van der Waals surface area contributed by atoms with E-state index in [1.165, 1.54) is 0 Å². The van der Waals surface area contributed by atoms with E-state index in [0.717, 1.165) is 13.0 Å². The smallest absolute Gasteiger partial charge is 0.221 e. The molecular weight excluding hydrogens is 178 g/mol. The summed E-state index contributed by atoms with van der Waals surface area (Å²) in [5, 5.41) is 3.29. The van der Waals surface area contributed by atoms with Gasteiger partial charge >= 0.3 is 0 Å². The lowest BCUT2D eigenvalue weighted by atomic mass is 10.1. The number of hydrogen-bond acceptors (Lipinski definition) is 3. The SMILES string of the molecule is CC(CCN(C)C)NCC(C)C(N)=O. The highest BCUT2D eigenvalue weighted by Gasteiger charge is 2.09. The Morgan fingerprint density at radius 2 is 2.00 bits per heavy atom. The number of rotatable bonds is 7. The van der Waals surface area contributed by atoms with Crippen LogP contribution in [0.3, 0.4) is 0 Å². The van der Waals surface area contributed by atoms with Gasteiger partial charge in [0, 0.05) is 18.5 Å². The molecule has 0 saturated carbocycles. The van der Waals surface area contributed by atoms with Crippen LogP contribution in [-0.4, -0.2) is 44.0 Å². The number of nitrogens with two attached hydrogens (primary N) is 1. The third-order valence-corrected chi connectivity index (χ3v) is 2.27. The third-order valence-electron chi connectivity index (χ3n) is 2.27. The summed E-state index contributed by atoms with van der Waals surface area (Å²) in [6.45, 7) is 5.69. The largest absolute Gasteiger partial charge is 0.369 e. The average molecular weight is 201 g/mol. The van der Waals surface area contributed by atoms with Gasteiger partial charge in [-0.1, -0.05) is 6.92 Å². The van der Waals surface area contributed by atoms with Crippen molar-refractivity contribution in [2.24, 2.45) is 11.7 Å². The second-order valence-electron chi connectivity index (χ2n) is 4.20. The monoisotopic (exact) mass is 201 g/mol. The Morgan fingerprint density at radius 1 is 1.43 bits per heavy atom. The van der Waals surface area contributed by atoms with E-state index in [4.69, 9.17) is 5.73 Å². The minimum atomic E-state index is -0.239. The van der Waals surface area contributed by atoms with E-state index in [9.17, 15) is 4.79 Å². The molecular formula is C10H23N3O. The molecule has 4 heteroatoms. The molecule has 2 atom stereocenters. The molecule has 0 aliphatic heterocycles. The van der Waals surface area contributed by atoms with E-state index in [0.29, 0.717) is 12.6 Å². The molecule has 0 bridgehead atoms. The molecule has 84 valence electrons. The number of hydrogen-bond donors (Lipinski definition) is 2. The van der Waals surface area contributed by atoms with E-state index < -0.39 is 0 Å². The summed E-state index contributed by atoms with van der Waals surface area (Å²) in [7, 11) is 4.11. The van der Waals surface area contributed by atoms with Gasteiger partial charge in [-0.3, -0.25) is 4.79 Å². The average Bonchev–Trinajstić information content (AvgIpc) is 2.10. The van der Waals surface area contributed by atoms with Gasteiger partial charge in [0.25, 0.3) is 0 Å². The lowest BCUT2D eigenvalue weighted by Crippen LogP contribution is -2.37. The molecule has 0 aliphatic carbocycles. The second-order valence-corrected chi connectivity index (χ2v) is 4.20.